The van der Waals surface area contributed by atoms with Crippen LogP contribution < -0.4 is 10.2 Å². The van der Waals surface area contributed by atoms with Gasteiger partial charge in [-0.25, -0.2) is 0 Å². The second-order valence-corrected chi connectivity index (χ2v) is 7.08. The van der Waals surface area contributed by atoms with Gasteiger partial charge in [0.05, 0.1) is 5.56 Å². The molecule has 2 aromatic carbocycles. The largest absolute Gasteiger partial charge is 0.416 e. The number of alkyl halides is 3. The van der Waals surface area contributed by atoms with E-state index in [-0.39, 0.29) is 5.56 Å². The van der Waals surface area contributed by atoms with Gasteiger partial charge < -0.3 is 10.2 Å². The molecule has 0 spiro atoms. The molecule has 0 unspecified atom stereocenters. The van der Waals surface area contributed by atoms with Gasteiger partial charge in [0, 0.05) is 55.5 Å². The van der Waals surface area contributed by atoms with Crippen LogP contribution in [-0.2, 0) is 6.18 Å². The average molecular weight is 412 g/mol. The summed E-state index contributed by atoms with van der Waals surface area (Å²) < 4.78 is 38.3. The summed E-state index contributed by atoms with van der Waals surface area (Å²) in [5.41, 5.74) is 0.322. The van der Waals surface area contributed by atoms with Crippen LogP contribution in [0.3, 0.4) is 0 Å². The summed E-state index contributed by atoms with van der Waals surface area (Å²) in [6.07, 6.45) is -4.46. The molecule has 4 nitrogen and oxygen atoms in total. The quantitative estimate of drug-likeness (QED) is 0.810. The number of rotatable bonds is 5. The minimum atomic E-state index is -4.46. The van der Waals surface area contributed by atoms with E-state index >= 15 is 0 Å². The molecule has 0 aliphatic carbocycles. The number of anilines is 1. The normalized spacial score (nSPS) is 15.5. The van der Waals surface area contributed by atoms with E-state index in [1.54, 1.807) is 0 Å². The van der Waals surface area contributed by atoms with Crippen LogP contribution in [0.4, 0.5) is 18.9 Å². The summed E-state index contributed by atoms with van der Waals surface area (Å²) in [4.78, 5) is 16.6. The molecule has 1 fully saturated rings. The van der Waals surface area contributed by atoms with Gasteiger partial charge in [0.1, 0.15) is 0 Å². The van der Waals surface area contributed by atoms with Gasteiger partial charge in [0.25, 0.3) is 5.91 Å². The van der Waals surface area contributed by atoms with Crippen molar-refractivity contribution in [2.75, 3.05) is 44.2 Å². The second-order valence-electron chi connectivity index (χ2n) is 6.64. The number of carbonyl (C=O) groups is 1. The number of amides is 1. The lowest BCUT2D eigenvalue weighted by Gasteiger charge is -2.36. The van der Waals surface area contributed by atoms with Crippen LogP contribution in [0, 0.1) is 0 Å². The number of hydrogen-bond donors (Lipinski definition) is 1. The molecule has 0 atom stereocenters. The van der Waals surface area contributed by atoms with E-state index in [0.717, 1.165) is 44.0 Å². The molecule has 8 heteroatoms. The van der Waals surface area contributed by atoms with Crippen LogP contribution in [0.1, 0.15) is 15.9 Å². The van der Waals surface area contributed by atoms with Gasteiger partial charge in [-0.2, -0.15) is 13.2 Å². The van der Waals surface area contributed by atoms with Crippen LogP contribution in [0.25, 0.3) is 0 Å². The van der Waals surface area contributed by atoms with Crippen molar-refractivity contribution in [1.82, 2.24) is 10.2 Å². The smallest absolute Gasteiger partial charge is 0.369 e. The van der Waals surface area contributed by atoms with Gasteiger partial charge in [-0.3, -0.25) is 9.69 Å². The molecule has 1 aliphatic heterocycles. The zero-order valence-electron chi connectivity index (χ0n) is 15.2. The highest BCUT2D eigenvalue weighted by Gasteiger charge is 2.30. The molecule has 1 aliphatic rings. The van der Waals surface area contributed by atoms with E-state index in [4.69, 9.17) is 11.6 Å². The molecule has 2 aromatic rings. The molecule has 0 bridgehead atoms. The second kappa shape index (κ2) is 8.84. The van der Waals surface area contributed by atoms with Gasteiger partial charge in [-0.05, 0) is 42.5 Å². The first kappa shape index (κ1) is 20.5. The fourth-order valence-corrected chi connectivity index (χ4v) is 3.27. The first-order valence-corrected chi connectivity index (χ1v) is 9.39. The van der Waals surface area contributed by atoms with E-state index in [9.17, 15) is 18.0 Å². The molecule has 1 N–H and O–H groups in total. The Hall–Kier alpha value is -2.25. The number of carbonyl (C=O) groups excluding carboxylic acids is 1. The van der Waals surface area contributed by atoms with Gasteiger partial charge in [-0.15, -0.1) is 0 Å². The summed E-state index contributed by atoms with van der Waals surface area (Å²) in [6, 6.07) is 12.2. The Balaban J connectivity index is 1.43. The fourth-order valence-electron chi connectivity index (χ4n) is 3.15. The first-order valence-electron chi connectivity index (χ1n) is 9.01. The molecule has 3 rings (SSSR count). The zero-order chi connectivity index (χ0) is 20.1. The lowest BCUT2D eigenvalue weighted by molar-refractivity contribution is -0.137. The number of nitrogens with zero attached hydrogens (tertiary/aromatic N) is 2. The molecule has 1 amide bonds. The molecular weight excluding hydrogens is 391 g/mol. The highest BCUT2D eigenvalue weighted by atomic mass is 35.5. The summed E-state index contributed by atoms with van der Waals surface area (Å²) >= 11 is 5.91. The van der Waals surface area contributed by atoms with Crippen LogP contribution in [0.2, 0.25) is 5.02 Å². The Morgan fingerprint density at radius 1 is 1.04 bits per heavy atom. The molecule has 1 heterocycles. The average Bonchev–Trinajstić information content (AvgIpc) is 2.68. The summed E-state index contributed by atoms with van der Waals surface area (Å²) in [5.74, 6) is -0.495. The van der Waals surface area contributed by atoms with Crippen molar-refractivity contribution in [1.29, 1.82) is 0 Å². The molecule has 150 valence electrons. The maximum Gasteiger partial charge on any atom is 0.416 e. The third-order valence-electron chi connectivity index (χ3n) is 4.73. The van der Waals surface area contributed by atoms with Crippen LogP contribution in [0.15, 0.2) is 48.5 Å². The molecule has 0 radical (unpaired) electrons. The Labute approximate surface area is 166 Å². The molecule has 1 saturated heterocycles. The van der Waals surface area contributed by atoms with E-state index in [2.05, 4.69) is 15.1 Å². The van der Waals surface area contributed by atoms with Crippen molar-refractivity contribution in [2.45, 2.75) is 6.18 Å². The van der Waals surface area contributed by atoms with Crippen LogP contribution in [-0.4, -0.2) is 50.1 Å². The standard InChI is InChI=1S/C20H21ClF3N3O/c21-17-4-6-18(7-5-17)27-12-10-26(11-13-27)9-8-25-19(28)15-2-1-3-16(14-15)20(22,23)24/h1-7,14H,8-13H2,(H,25,28). The zero-order valence-corrected chi connectivity index (χ0v) is 15.9. The van der Waals surface area contributed by atoms with Gasteiger partial charge in [0.15, 0.2) is 0 Å². The predicted octanol–water partition coefficient (Wildman–Crippen LogP) is 3.91. The van der Waals surface area contributed by atoms with Gasteiger partial charge in [-0.1, -0.05) is 17.7 Å². The number of nitrogens with one attached hydrogen (secondary N) is 1. The van der Waals surface area contributed by atoms with Crippen molar-refractivity contribution in [3.63, 3.8) is 0 Å². The van der Waals surface area contributed by atoms with Crippen molar-refractivity contribution in [3.8, 4) is 0 Å². The summed E-state index contributed by atoms with van der Waals surface area (Å²) in [6.45, 7) is 4.46. The van der Waals surface area contributed by atoms with E-state index in [0.29, 0.717) is 18.1 Å². The summed E-state index contributed by atoms with van der Waals surface area (Å²) in [7, 11) is 0. The van der Waals surface area contributed by atoms with Gasteiger partial charge >= 0.3 is 6.18 Å². The van der Waals surface area contributed by atoms with E-state index < -0.39 is 17.6 Å². The number of piperazine rings is 1. The molecule has 0 aromatic heterocycles. The highest BCUT2D eigenvalue weighted by molar-refractivity contribution is 6.30. The minimum Gasteiger partial charge on any atom is -0.369 e. The van der Waals surface area contributed by atoms with Crippen LogP contribution in [0.5, 0.6) is 0 Å². The lowest BCUT2D eigenvalue weighted by atomic mass is 10.1. The number of halogens is 4. The molecule has 0 saturated carbocycles. The fraction of sp³-hybridized carbons (Fsp3) is 0.350. The molecular formula is C20H21ClF3N3O. The SMILES string of the molecule is O=C(NCCN1CCN(c2ccc(Cl)cc2)CC1)c1cccc(C(F)(F)F)c1. The Morgan fingerprint density at radius 3 is 2.36 bits per heavy atom. The topological polar surface area (TPSA) is 35.6 Å². The van der Waals surface area contributed by atoms with Gasteiger partial charge in [0.2, 0.25) is 0 Å². The summed E-state index contributed by atoms with van der Waals surface area (Å²) in [5, 5.41) is 3.41. The van der Waals surface area contributed by atoms with Crippen molar-refractivity contribution >= 4 is 23.2 Å². The van der Waals surface area contributed by atoms with Crippen molar-refractivity contribution < 1.29 is 18.0 Å². The maximum absolute atomic E-state index is 12.8. The maximum atomic E-state index is 12.8. The van der Waals surface area contributed by atoms with E-state index in [1.807, 2.05) is 24.3 Å². The van der Waals surface area contributed by atoms with Crippen molar-refractivity contribution in [2.24, 2.45) is 0 Å². The predicted molar refractivity (Wildman–Crippen MR) is 104 cm³/mol. The lowest BCUT2D eigenvalue weighted by Crippen LogP contribution is -2.48. The Bertz CT molecular complexity index is 803. The minimum absolute atomic E-state index is 0.0161. The van der Waals surface area contributed by atoms with Crippen molar-refractivity contribution in [3.05, 3.63) is 64.7 Å². The monoisotopic (exact) mass is 411 g/mol. The third kappa shape index (κ3) is 5.39. The number of hydrogen-bond acceptors (Lipinski definition) is 3. The number of benzene rings is 2. The first-order chi connectivity index (χ1) is 13.3. The van der Waals surface area contributed by atoms with E-state index in [1.165, 1.54) is 12.1 Å². The van der Waals surface area contributed by atoms with Crippen LogP contribution >= 0.6 is 11.6 Å². The third-order valence-corrected chi connectivity index (χ3v) is 4.98. The Kier molecular flexibility index (Phi) is 6.46. The Morgan fingerprint density at radius 2 is 1.71 bits per heavy atom. The molecule has 28 heavy (non-hydrogen) atoms. The highest BCUT2D eigenvalue weighted by Crippen LogP contribution is 2.29.